The zero-order valence-electron chi connectivity index (χ0n) is 15.5. The highest BCUT2D eigenvalue weighted by Crippen LogP contribution is 2.38. The second-order valence-corrected chi connectivity index (χ2v) is 8.03. The van der Waals surface area contributed by atoms with E-state index < -0.39 is 0 Å². The molecule has 8 nitrogen and oxygen atoms in total. The summed E-state index contributed by atoms with van der Waals surface area (Å²) in [6.45, 7) is 0. The average Bonchev–Trinajstić information content (AvgIpc) is 3.14. The second-order valence-electron chi connectivity index (χ2n) is 7.22. The Morgan fingerprint density at radius 1 is 1.30 bits per heavy atom. The zero-order chi connectivity index (χ0) is 20.9. The molecule has 3 aromatic heterocycles. The number of nitrogen functional groups attached to an aromatic ring is 1. The van der Waals surface area contributed by atoms with Crippen molar-refractivity contribution in [3.8, 4) is 11.8 Å². The number of nitrogens with two attached hydrogens (primary N) is 1. The summed E-state index contributed by atoms with van der Waals surface area (Å²) in [7, 11) is 0. The minimum Gasteiger partial charge on any atom is -0.394 e. The molecule has 1 aliphatic rings. The number of hydrogen-bond acceptors (Lipinski definition) is 5. The lowest BCUT2D eigenvalue weighted by Crippen LogP contribution is -2.37. The van der Waals surface area contributed by atoms with Crippen LogP contribution in [0, 0.1) is 11.8 Å². The maximum absolute atomic E-state index is 12.7. The first-order valence-electron chi connectivity index (χ1n) is 9.19. The van der Waals surface area contributed by atoms with Crippen LogP contribution in [0.25, 0.3) is 16.7 Å². The molecule has 0 aliphatic heterocycles. The number of benzene rings is 1. The minimum absolute atomic E-state index is 0.232. The van der Waals surface area contributed by atoms with Crippen molar-refractivity contribution in [3.05, 3.63) is 52.2 Å². The van der Waals surface area contributed by atoms with Crippen molar-refractivity contribution in [2.75, 3.05) is 5.73 Å². The Kier molecular flexibility index (Phi) is 4.31. The molecule has 1 aromatic carbocycles. The molecule has 1 saturated carbocycles. The number of carbonyl (C=O) groups excluding carboxylic acids is 1. The molecule has 0 atom stereocenters. The number of aromatic amines is 1. The molecular formula is C20H15Cl2N7O. The summed E-state index contributed by atoms with van der Waals surface area (Å²) in [5.74, 6) is 6.12. The van der Waals surface area contributed by atoms with E-state index in [2.05, 4.69) is 37.2 Å². The summed E-state index contributed by atoms with van der Waals surface area (Å²) < 4.78 is 1.55. The van der Waals surface area contributed by atoms with E-state index in [0.29, 0.717) is 39.0 Å². The third-order valence-electron chi connectivity index (χ3n) is 5.08. The van der Waals surface area contributed by atoms with Crippen LogP contribution in [0.4, 0.5) is 5.69 Å². The van der Waals surface area contributed by atoms with Crippen molar-refractivity contribution in [1.82, 2.24) is 29.9 Å². The number of imidazole rings is 2. The largest absolute Gasteiger partial charge is 0.394 e. The molecule has 1 fully saturated rings. The number of H-pyrrole nitrogens is 1. The maximum Gasteiger partial charge on any atom is 0.287 e. The molecule has 0 unspecified atom stereocenters. The van der Waals surface area contributed by atoms with Crippen molar-refractivity contribution in [3.63, 3.8) is 0 Å². The average molecular weight is 440 g/mol. The number of hydrogen-bond donors (Lipinski definition) is 3. The van der Waals surface area contributed by atoms with Crippen molar-refractivity contribution in [1.29, 1.82) is 0 Å². The normalized spacial score (nSPS) is 14.5. The first-order chi connectivity index (χ1) is 14.5. The number of nitrogens with one attached hydrogen (secondary N) is 2. The fourth-order valence-corrected chi connectivity index (χ4v) is 3.57. The summed E-state index contributed by atoms with van der Waals surface area (Å²) in [5, 5.41) is 8.08. The van der Waals surface area contributed by atoms with Gasteiger partial charge in [0.25, 0.3) is 5.91 Å². The number of para-hydroxylation sites is 1. The van der Waals surface area contributed by atoms with Crippen LogP contribution in [-0.2, 0) is 0 Å². The van der Waals surface area contributed by atoms with E-state index in [-0.39, 0.29) is 17.3 Å². The number of fused-ring (bicyclic) bond motifs is 2. The molecule has 5 rings (SSSR count). The van der Waals surface area contributed by atoms with Gasteiger partial charge < -0.3 is 16.0 Å². The fourth-order valence-electron chi connectivity index (χ4n) is 3.22. The van der Waals surface area contributed by atoms with Crippen LogP contribution >= 0.6 is 23.2 Å². The van der Waals surface area contributed by atoms with Crippen molar-refractivity contribution >= 4 is 51.5 Å². The van der Waals surface area contributed by atoms with Gasteiger partial charge in [-0.05, 0) is 30.9 Å². The Hall–Kier alpha value is -3.28. The second kappa shape index (κ2) is 6.90. The molecule has 30 heavy (non-hydrogen) atoms. The third-order valence-corrected chi connectivity index (χ3v) is 5.68. The highest BCUT2D eigenvalue weighted by Gasteiger charge is 2.43. The van der Waals surface area contributed by atoms with Gasteiger partial charge >= 0.3 is 0 Å². The smallest absolute Gasteiger partial charge is 0.287 e. The van der Waals surface area contributed by atoms with Crippen LogP contribution < -0.4 is 11.1 Å². The van der Waals surface area contributed by atoms with E-state index in [1.54, 1.807) is 22.8 Å². The highest BCUT2D eigenvalue weighted by atomic mass is 35.5. The molecular weight excluding hydrogens is 425 g/mol. The highest BCUT2D eigenvalue weighted by molar-refractivity contribution is 6.35. The molecule has 1 amide bonds. The first-order valence-corrected chi connectivity index (χ1v) is 9.95. The van der Waals surface area contributed by atoms with Crippen LogP contribution in [0.15, 0.2) is 30.6 Å². The van der Waals surface area contributed by atoms with Gasteiger partial charge in [0.05, 0.1) is 39.2 Å². The van der Waals surface area contributed by atoms with Crippen molar-refractivity contribution in [2.45, 2.75) is 24.8 Å². The van der Waals surface area contributed by atoms with Crippen molar-refractivity contribution in [2.24, 2.45) is 0 Å². The van der Waals surface area contributed by atoms with Gasteiger partial charge in [0.2, 0.25) is 0 Å². The molecule has 10 heteroatoms. The van der Waals surface area contributed by atoms with E-state index in [4.69, 9.17) is 28.9 Å². The lowest BCUT2D eigenvalue weighted by molar-refractivity contribution is 0.0923. The van der Waals surface area contributed by atoms with Crippen molar-refractivity contribution < 1.29 is 4.79 Å². The molecule has 3 heterocycles. The van der Waals surface area contributed by atoms with E-state index in [0.717, 1.165) is 18.4 Å². The van der Waals surface area contributed by atoms with Gasteiger partial charge in [0.15, 0.2) is 11.5 Å². The topological polar surface area (TPSA) is 114 Å². The molecule has 0 saturated heterocycles. The number of amides is 1. The van der Waals surface area contributed by atoms with Crippen LogP contribution in [0.3, 0.4) is 0 Å². The van der Waals surface area contributed by atoms with E-state index in [1.165, 1.54) is 6.20 Å². The quantitative estimate of drug-likeness (QED) is 0.424. The Morgan fingerprint density at radius 2 is 2.13 bits per heavy atom. The Labute approximate surface area is 180 Å². The van der Waals surface area contributed by atoms with E-state index >= 15 is 0 Å². The lowest BCUT2D eigenvalue weighted by Gasteiger charge is -2.12. The predicted octanol–water partition coefficient (Wildman–Crippen LogP) is 3.20. The van der Waals surface area contributed by atoms with E-state index in [1.807, 2.05) is 6.07 Å². The van der Waals surface area contributed by atoms with Gasteiger partial charge in [-0.1, -0.05) is 35.2 Å². The molecule has 4 N–H and O–H groups in total. The zero-order valence-corrected chi connectivity index (χ0v) is 17.1. The van der Waals surface area contributed by atoms with Gasteiger partial charge in [0.1, 0.15) is 11.2 Å². The summed E-state index contributed by atoms with van der Waals surface area (Å²) >= 11 is 12.1. The van der Waals surface area contributed by atoms with Gasteiger partial charge in [0, 0.05) is 6.42 Å². The minimum atomic E-state index is -0.358. The van der Waals surface area contributed by atoms with Gasteiger partial charge in [-0.2, -0.15) is 5.10 Å². The number of halogens is 2. The summed E-state index contributed by atoms with van der Waals surface area (Å²) in [6.07, 6.45) is 5.25. The molecule has 4 aromatic rings. The van der Waals surface area contributed by atoms with Crippen LogP contribution in [0.5, 0.6) is 0 Å². The molecule has 0 radical (unpaired) electrons. The van der Waals surface area contributed by atoms with Crippen LogP contribution in [0.2, 0.25) is 10.0 Å². The van der Waals surface area contributed by atoms with Gasteiger partial charge in [-0.15, -0.1) is 0 Å². The number of aromatic nitrogens is 5. The van der Waals surface area contributed by atoms with Gasteiger partial charge in [-0.25, -0.2) is 14.5 Å². The number of rotatable bonds is 3. The number of carbonyl (C=O) groups is 1. The number of nitrogens with zero attached hydrogens (tertiary/aromatic N) is 4. The summed E-state index contributed by atoms with van der Waals surface area (Å²) in [4.78, 5) is 24.2. The fraction of sp³-hybridized carbons (Fsp3) is 0.200. The van der Waals surface area contributed by atoms with Gasteiger partial charge in [-0.3, -0.25) is 4.79 Å². The SMILES string of the molecule is Nc1c(Cl)cnn2c(C#CCC3(NC(=O)c4nc5c(Cl)cccc5[nH]4)CC3)cnc12. The Balaban J connectivity index is 1.32. The first kappa shape index (κ1) is 18.7. The van der Waals surface area contributed by atoms with Crippen LogP contribution in [0.1, 0.15) is 35.6 Å². The molecule has 0 spiro atoms. The standard InChI is InChI=1S/C20H15Cl2N7O/c21-12-4-1-5-14-16(12)27-17(26-14)19(30)28-20(7-8-20)6-2-3-11-9-24-18-15(23)13(22)10-25-29(11)18/h1,4-5,9-10H,6-8,23H2,(H,26,27)(H,28,30). The monoisotopic (exact) mass is 439 g/mol. The maximum atomic E-state index is 12.7. The van der Waals surface area contributed by atoms with Crippen LogP contribution in [-0.4, -0.2) is 36.0 Å². The molecule has 0 bridgehead atoms. The Morgan fingerprint density at radius 3 is 2.90 bits per heavy atom. The number of anilines is 1. The van der Waals surface area contributed by atoms with E-state index in [9.17, 15) is 4.79 Å². The molecule has 1 aliphatic carbocycles. The lowest BCUT2D eigenvalue weighted by atomic mass is 10.2. The summed E-state index contributed by atoms with van der Waals surface area (Å²) in [5.41, 5.74) is 8.28. The third kappa shape index (κ3) is 3.22. The summed E-state index contributed by atoms with van der Waals surface area (Å²) in [6, 6.07) is 5.37. The predicted molar refractivity (Wildman–Crippen MR) is 114 cm³/mol. The molecule has 150 valence electrons. The Bertz CT molecular complexity index is 1370.